The summed E-state index contributed by atoms with van der Waals surface area (Å²) in [6.45, 7) is 4.52. The van der Waals surface area contributed by atoms with Gasteiger partial charge in [-0.1, -0.05) is 55.8 Å². The van der Waals surface area contributed by atoms with Crippen LogP contribution in [0.5, 0.6) is 5.75 Å². The molecule has 0 aromatic heterocycles. The number of carbonyl (C=O) groups is 2. The van der Waals surface area contributed by atoms with Crippen molar-refractivity contribution in [2.75, 3.05) is 32.8 Å². The van der Waals surface area contributed by atoms with Gasteiger partial charge in [-0.15, -0.1) is 0 Å². The van der Waals surface area contributed by atoms with E-state index >= 15 is 0 Å². The van der Waals surface area contributed by atoms with E-state index in [9.17, 15) is 22.4 Å². The Kier molecular flexibility index (Phi) is 11.2. The second kappa shape index (κ2) is 14.8. The highest BCUT2D eigenvalue weighted by atomic mass is 35.5. The number of hydrogen-bond donors (Lipinski definition) is 0. The fraction of sp³-hybridized carbons (Fsp3) is 0.375. The SMILES string of the molecule is CC(C)CN(CC(=O)N(Cc1ccc(F)cc1)C1CCN(C(=O)COc2ccccc2)CC1)S(=O)(=O)c1ccc(Cl)cc1. The predicted molar refractivity (Wildman–Crippen MR) is 164 cm³/mol. The minimum atomic E-state index is -3.99. The summed E-state index contributed by atoms with van der Waals surface area (Å²) in [5.41, 5.74) is 0.723. The monoisotopic (exact) mass is 629 g/mol. The van der Waals surface area contributed by atoms with Crippen LogP contribution in [0.4, 0.5) is 4.39 Å². The third-order valence-corrected chi connectivity index (χ3v) is 9.36. The molecule has 0 unspecified atom stereocenters. The van der Waals surface area contributed by atoms with Gasteiger partial charge in [-0.2, -0.15) is 4.31 Å². The van der Waals surface area contributed by atoms with Crippen molar-refractivity contribution in [3.05, 3.63) is 95.3 Å². The molecule has 1 fully saturated rings. The Morgan fingerprint density at radius 3 is 2.21 bits per heavy atom. The van der Waals surface area contributed by atoms with Gasteiger partial charge in [0.05, 0.1) is 11.4 Å². The topological polar surface area (TPSA) is 87.2 Å². The zero-order valence-corrected chi connectivity index (χ0v) is 25.9. The van der Waals surface area contributed by atoms with Gasteiger partial charge in [0, 0.05) is 37.2 Å². The summed E-state index contributed by atoms with van der Waals surface area (Å²) in [4.78, 5) is 30.2. The van der Waals surface area contributed by atoms with Crippen LogP contribution in [0.25, 0.3) is 0 Å². The maximum atomic E-state index is 13.9. The number of rotatable bonds is 12. The summed E-state index contributed by atoms with van der Waals surface area (Å²) in [5.74, 6) is -0.312. The molecular formula is C32H37ClFN3O5S. The van der Waals surface area contributed by atoms with Crippen molar-refractivity contribution in [3.8, 4) is 5.75 Å². The van der Waals surface area contributed by atoms with Crippen molar-refractivity contribution in [2.24, 2.45) is 5.92 Å². The van der Waals surface area contributed by atoms with E-state index in [1.54, 1.807) is 34.1 Å². The molecule has 0 spiro atoms. The molecule has 0 bridgehead atoms. The average molecular weight is 630 g/mol. The first kappa shape index (κ1) is 32.4. The number of halogens is 2. The molecule has 230 valence electrons. The number of para-hydroxylation sites is 1. The van der Waals surface area contributed by atoms with E-state index in [0.717, 1.165) is 5.56 Å². The van der Waals surface area contributed by atoms with Crippen LogP contribution < -0.4 is 4.74 Å². The maximum Gasteiger partial charge on any atom is 0.260 e. The zero-order chi connectivity index (χ0) is 31.0. The highest BCUT2D eigenvalue weighted by Crippen LogP contribution is 2.24. The van der Waals surface area contributed by atoms with E-state index in [-0.39, 0.29) is 60.7 Å². The molecule has 2 amide bonds. The first-order valence-corrected chi connectivity index (χ1v) is 16.1. The molecule has 4 rings (SSSR count). The number of nitrogens with zero attached hydrogens (tertiary/aromatic N) is 3. The Morgan fingerprint density at radius 1 is 0.977 bits per heavy atom. The molecule has 0 atom stereocenters. The molecule has 0 radical (unpaired) electrons. The Labute approximate surface area is 258 Å². The standard InChI is InChI=1S/C32H37ClFN3O5S/c1-24(2)20-36(43(40,41)30-14-10-26(33)11-15-30)22-31(38)37(21-25-8-12-27(34)13-9-25)28-16-18-35(19-17-28)32(39)23-42-29-6-4-3-5-7-29/h3-15,24,28H,16-23H2,1-2H3. The molecule has 1 aliphatic rings. The van der Waals surface area contributed by atoms with Gasteiger partial charge < -0.3 is 14.5 Å². The van der Waals surface area contributed by atoms with Crippen molar-refractivity contribution in [1.29, 1.82) is 0 Å². The van der Waals surface area contributed by atoms with E-state index in [1.165, 1.54) is 40.7 Å². The normalized spacial score (nSPS) is 14.2. The number of benzene rings is 3. The van der Waals surface area contributed by atoms with E-state index in [2.05, 4.69) is 0 Å². The van der Waals surface area contributed by atoms with Gasteiger partial charge in [0.15, 0.2) is 6.61 Å². The summed E-state index contributed by atoms with van der Waals surface area (Å²) in [6.07, 6.45) is 1.02. The van der Waals surface area contributed by atoms with Crippen LogP contribution in [0.2, 0.25) is 5.02 Å². The summed E-state index contributed by atoms with van der Waals surface area (Å²) >= 11 is 5.98. The Bertz CT molecular complexity index is 1460. The Morgan fingerprint density at radius 2 is 1.60 bits per heavy atom. The lowest BCUT2D eigenvalue weighted by Crippen LogP contribution is -2.52. The van der Waals surface area contributed by atoms with Crippen LogP contribution in [0.3, 0.4) is 0 Å². The third-order valence-electron chi connectivity index (χ3n) is 7.28. The number of sulfonamides is 1. The Balaban J connectivity index is 1.49. The van der Waals surface area contributed by atoms with Crippen molar-refractivity contribution in [1.82, 2.24) is 14.1 Å². The molecule has 0 aliphatic carbocycles. The van der Waals surface area contributed by atoms with Crippen molar-refractivity contribution in [3.63, 3.8) is 0 Å². The zero-order valence-electron chi connectivity index (χ0n) is 24.4. The lowest BCUT2D eigenvalue weighted by atomic mass is 10.0. The molecule has 3 aromatic carbocycles. The molecule has 3 aromatic rings. The smallest absolute Gasteiger partial charge is 0.260 e. The molecule has 11 heteroatoms. The lowest BCUT2D eigenvalue weighted by Gasteiger charge is -2.39. The summed E-state index contributed by atoms with van der Waals surface area (Å²) < 4.78 is 47.7. The summed E-state index contributed by atoms with van der Waals surface area (Å²) in [7, 11) is -3.99. The van der Waals surface area contributed by atoms with Gasteiger partial charge in [0.2, 0.25) is 15.9 Å². The summed E-state index contributed by atoms with van der Waals surface area (Å²) in [5, 5.41) is 0.410. The number of likely N-dealkylation sites (tertiary alicyclic amines) is 1. The minimum absolute atomic E-state index is 0.0345. The molecule has 1 heterocycles. The second-order valence-electron chi connectivity index (χ2n) is 11.0. The van der Waals surface area contributed by atoms with Gasteiger partial charge in [-0.25, -0.2) is 12.8 Å². The van der Waals surface area contributed by atoms with Crippen LogP contribution in [0.1, 0.15) is 32.3 Å². The van der Waals surface area contributed by atoms with Crippen molar-refractivity contribution in [2.45, 2.75) is 44.2 Å². The first-order chi connectivity index (χ1) is 20.5. The van der Waals surface area contributed by atoms with Crippen molar-refractivity contribution < 1.29 is 27.1 Å². The van der Waals surface area contributed by atoms with Crippen LogP contribution >= 0.6 is 11.6 Å². The fourth-order valence-electron chi connectivity index (χ4n) is 5.04. The number of ether oxygens (including phenoxy) is 1. The lowest BCUT2D eigenvalue weighted by molar-refractivity contribution is -0.138. The second-order valence-corrected chi connectivity index (χ2v) is 13.4. The number of amides is 2. The van der Waals surface area contributed by atoms with Crippen LogP contribution in [0.15, 0.2) is 83.8 Å². The molecule has 1 saturated heterocycles. The number of hydrogen-bond acceptors (Lipinski definition) is 5. The van der Waals surface area contributed by atoms with Gasteiger partial charge in [-0.3, -0.25) is 9.59 Å². The Hall–Kier alpha value is -3.47. The highest BCUT2D eigenvalue weighted by molar-refractivity contribution is 7.89. The van der Waals surface area contributed by atoms with Crippen LogP contribution in [0, 0.1) is 11.7 Å². The average Bonchev–Trinajstić information content (AvgIpc) is 3.00. The molecule has 0 saturated carbocycles. The third kappa shape index (κ3) is 9.01. The van der Waals surface area contributed by atoms with Crippen molar-refractivity contribution >= 4 is 33.4 Å². The maximum absolute atomic E-state index is 13.9. The quantitative estimate of drug-likeness (QED) is 0.274. The molecular weight excluding hydrogens is 593 g/mol. The minimum Gasteiger partial charge on any atom is -0.484 e. The first-order valence-electron chi connectivity index (χ1n) is 14.3. The summed E-state index contributed by atoms with van der Waals surface area (Å²) in [6, 6.07) is 20.6. The van der Waals surface area contributed by atoms with Crippen LogP contribution in [-0.2, 0) is 26.2 Å². The highest BCUT2D eigenvalue weighted by Gasteiger charge is 2.34. The molecule has 8 nitrogen and oxygen atoms in total. The van der Waals surface area contributed by atoms with Gasteiger partial charge >= 0.3 is 0 Å². The molecule has 1 aliphatic heterocycles. The van der Waals surface area contributed by atoms with Gasteiger partial charge in [0.25, 0.3) is 5.91 Å². The van der Waals surface area contributed by atoms with Crippen LogP contribution in [-0.4, -0.2) is 73.2 Å². The van der Waals surface area contributed by atoms with E-state index in [4.69, 9.17) is 16.3 Å². The fourth-order valence-corrected chi connectivity index (χ4v) is 6.72. The number of carbonyl (C=O) groups excluding carboxylic acids is 2. The molecule has 0 N–H and O–H groups in total. The van der Waals surface area contributed by atoms with E-state index < -0.39 is 10.0 Å². The molecule has 43 heavy (non-hydrogen) atoms. The number of piperidine rings is 1. The van der Waals surface area contributed by atoms with Gasteiger partial charge in [-0.05, 0) is 72.9 Å². The largest absolute Gasteiger partial charge is 0.484 e. The van der Waals surface area contributed by atoms with E-state index in [0.29, 0.717) is 36.7 Å². The predicted octanol–water partition coefficient (Wildman–Crippen LogP) is 5.22. The van der Waals surface area contributed by atoms with E-state index in [1.807, 2.05) is 32.0 Å². The van der Waals surface area contributed by atoms with Gasteiger partial charge in [0.1, 0.15) is 11.6 Å².